The second kappa shape index (κ2) is 6.51. The number of nitrogens with zero attached hydrogens (tertiary/aromatic N) is 1. The van der Waals surface area contributed by atoms with Crippen LogP contribution in [0.15, 0.2) is 5.16 Å². The smallest absolute Gasteiger partial charge is 0.343 e. The molecule has 106 valence electrons. The second-order valence-corrected chi connectivity index (χ2v) is 15.3. The Bertz CT molecular complexity index is 316. The molecule has 6 heteroatoms. The van der Waals surface area contributed by atoms with Crippen molar-refractivity contribution < 1.29 is 13.7 Å². The minimum Gasteiger partial charge on any atom is -0.515 e. The average Bonchev–Trinajstić information content (AvgIpc) is 2.12. The van der Waals surface area contributed by atoms with Crippen LogP contribution in [-0.2, 0) is 13.7 Å². The van der Waals surface area contributed by atoms with Gasteiger partial charge in [0.2, 0.25) is 8.32 Å². The van der Waals surface area contributed by atoms with E-state index in [4.69, 9.17) is 8.95 Å². The summed E-state index contributed by atoms with van der Waals surface area (Å²) in [5.74, 6) is -0.257. The van der Waals surface area contributed by atoms with E-state index in [1.807, 2.05) is 53.1 Å². The molecule has 0 aliphatic heterocycles. The molecule has 0 bridgehead atoms. The minimum absolute atomic E-state index is 0.0604. The van der Waals surface area contributed by atoms with Crippen molar-refractivity contribution in [1.82, 2.24) is 0 Å². The Hall–Kier alpha value is -0.626. The number of carbonyl (C=O) groups is 1. The summed E-state index contributed by atoms with van der Waals surface area (Å²) in [6.07, 6.45) is 0.842. The lowest BCUT2D eigenvalue weighted by Gasteiger charge is -2.21. The molecular weight excluding hydrogens is 262 g/mol. The third-order valence-electron chi connectivity index (χ3n) is 2.11. The van der Waals surface area contributed by atoms with E-state index < -0.39 is 16.6 Å². The molecule has 0 fully saturated rings. The Morgan fingerprint density at radius 1 is 1.11 bits per heavy atom. The van der Waals surface area contributed by atoms with E-state index in [-0.39, 0.29) is 11.9 Å². The fourth-order valence-electron chi connectivity index (χ4n) is 1.04. The second-order valence-electron chi connectivity index (χ2n) is 6.49. The van der Waals surface area contributed by atoms with Gasteiger partial charge in [0.25, 0.3) is 8.32 Å². The first-order valence-corrected chi connectivity index (χ1v) is 13.3. The molecule has 0 N–H and O–H groups in total. The largest absolute Gasteiger partial charge is 0.515 e. The molecule has 0 saturated heterocycles. The van der Waals surface area contributed by atoms with Crippen LogP contribution in [0.1, 0.15) is 20.3 Å². The summed E-state index contributed by atoms with van der Waals surface area (Å²) in [5.41, 5.74) is 0.419. The summed E-state index contributed by atoms with van der Waals surface area (Å²) in [6.45, 7) is 16.1. The molecular formula is C12H27NO3Si2. The van der Waals surface area contributed by atoms with Gasteiger partial charge in [-0.05, 0) is 45.7 Å². The van der Waals surface area contributed by atoms with Crippen molar-refractivity contribution in [3.8, 4) is 0 Å². The van der Waals surface area contributed by atoms with Crippen molar-refractivity contribution in [2.45, 2.75) is 59.6 Å². The molecule has 0 amide bonds. The Balaban J connectivity index is 4.95. The van der Waals surface area contributed by atoms with E-state index in [2.05, 4.69) is 5.16 Å². The van der Waals surface area contributed by atoms with Crippen molar-refractivity contribution in [3.63, 3.8) is 0 Å². The first kappa shape index (κ1) is 17.4. The molecule has 0 aromatic heterocycles. The third-order valence-corrected chi connectivity index (χ3v) is 3.54. The zero-order valence-corrected chi connectivity index (χ0v) is 15.0. The molecule has 18 heavy (non-hydrogen) atoms. The first-order chi connectivity index (χ1) is 7.96. The van der Waals surface area contributed by atoms with Crippen LogP contribution < -0.4 is 0 Å². The highest BCUT2D eigenvalue weighted by molar-refractivity contribution is 6.73. The highest BCUT2D eigenvalue weighted by Crippen LogP contribution is 2.12. The highest BCUT2D eigenvalue weighted by atomic mass is 28.4. The van der Waals surface area contributed by atoms with E-state index >= 15 is 0 Å². The van der Waals surface area contributed by atoms with Crippen LogP contribution in [0.4, 0.5) is 0 Å². The normalized spacial score (nSPS) is 15.2. The lowest BCUT2D eigenvalue weighted by Crippen LogP contribution is -2.36. The number of rotatable bonds is 6. The van der Waals surface area contributed by atoms with Gasteiger partial charge in [0.1, 0.15) is 0 Å². The van der Waals surface area contributed by atoms with Crippen LogP contribution in [0.3, 0.4) is 0 Å². The molecule has 0 radical (unpaired) electrons. The molecule has 0 saturated carbocycles. The van der Waals surface area contributed by atoms with Crippen LogP contribution in [0.25, 0.3) is 0 Å². The molecule has 0 aromatic carbocycles. The third kappa shape index (κ3) is 7.65. The van der Waals surface area contributed by atoms with Gasteiger partial charge >= 0.3 is 5.97 Å². The van der Waals surface area contributed by atoms with Crippen LogP contribution in [0.2, 0.25) is 39.3 Å². The average molecular weight is 290 g/mol. The SMILES string of the molecule is CCC(C)/C(=N\O[Si](C)(C)C)C(=O)O[Si](C)(C)C. The molecule has 0 aliphatic carbocycles. The van der Waals surface area contributed by atoms with Crippen LogP contribution >= 0.6 is 0 Å². The van der Waals surface area contributed by atoms with Gasteiger partial charge in [-0.2, -0.15) is 0 Å². The summed E-state index contributed by atoms with van der Waals surface area (Å²) in [7, 11) is -3.66. The van der Waals surface area contributed by atoms with Gasteiger partial charge in [-0.1, -0.05) is 19.0 Å². The fraction of sp³-hybridized carbons (Fsp3) is 0.833. The van der Waals surface area contributed by atoms with Crippen LogP contribution in [0.5, 0.6) is 0 Å². The fourth-order valence-corrected chi connectivity index (χ4v) is 2.07. The summed E-state index contributed by atoms with van der Waals surface area (Å²) in [4.78, 5) is 12.1. The van der Waals surface area contributed by atoms with E-state index in [0.717, 1.165) is 6.42 Å². The van der Waals surface area contributed by atoms with Gasteiger partial charge < -0.3 is 8.95 Å². The predicted molar refractivity (Wildman–Crippen MR) is 80.8 cm³/mol. The number of carbonyl (C=O) groups excluding carboxylic acids is 1. The maximum atomic E-state index is 12.1. The zero-order chi connectivity index (χ0) is 14.6. The molecule has 1 unspecified atom stereocenters. The van der Waals surface area contributed by atoms with Crippen molar-refractivity contribution in [1.29, 1.82) is 0 Å². The van der Waals surface area contributed by atoms with Gasteiger partial charge in [0.15, 0.2) is 5.71 Å². The molecule has 1 atom stereocenters. The quantitative estimate of drug-likeness (QED) is 0.426. The molecule has 0 heterocycles. The van der Waals surface area contributed by atoms with E-state index in [0.29, 0.717) is 5.71 Å². The summed E-state index contributed by atoms with van der Waals surface area (Å²) >= 11 is 0. The Labute approximate surface area is 113 Å². The number of oxime groups is 1. The van der Waals surface area contributed by atoms with Gasteiger partial charge in [-0.3, -0.25) is 0 Å². The maximum absolute atomic E-state index is 12.1. The lowest BCUT2D eigenvalue weighted by molar-refractivity contribution is -0.128. The monoisotopic (exact) mass is 289 g/mol. The van der Waals surface area contributed by atoms with Gasteiger partial charge in [-0.15, -0.1) is 0 Å². The molecule has 0 spiro atoms. The molecule has 4 nitrogen and oxygen atoms in total. The molecule has 0 aliphatic rings. The Morgan fingerprint density at radius 2 is 1.61 bits per heavy atom. The summed E-state index contributed by atoms with van der Waals surface area (Å²) < 4.78 is 11.0. The molecule has 0 rings (SSSR count). The van der Waals surface area contributed by atoms with Gasteiger partial charge in [0, 0.05) is 5.92 Å². The first-order valence-electron chi connectivity index (χ1n) is 6.45. The Kier molecular flexibility index (Phi) is 6.29. The highest BCUT2D eigenvalue weighted by Gasteiger charge is 2.27. The van der Waals surface area contributed by atoms with Gasteiger partial charge in [0.05, 0.1) is 0 Å². The zero-order valence-electron chi connectivity index (χ0n) is 13.0. The van der Waals surface area contributed by atoms with E-state index in [9.17, 15) is 4.79 Å². The summed E-state index contributed by atoms with van der Waals surface area (Å²) in [5, 5.41) is 4.08. The standard InChI is InChI=1S/C12H27NO3Si2/c1-9-10(2)11(13-16-18(6,7)8)12(14)15-17(3,4)5/h10H,9H2,1-8H3/b13-11+. The van der Waals surface area contributed by atoms with E-state index in [1.165, 1.54) is 0 Å². The lowest BCUT2D eigenvalue weighted by atomic mass is 10.0. The van der Waals surface area contributed by atoms with Crippen LogP contribution in [0, 0.1) is 5.92 Å². The van der Waals surface area contributed by atoms with Crippen molar-refractivity contribution in [2.75, 3.05) is 0 Å². The van der Waals surface area contributed by atoms with Gasteiger partial charge in [-0.25, -0.2) is 4.79 Å². The summed E-state index contributed by atoms with van der Waals surface area (Å²) in [6, 6.07) is 0. The topological polar surface area (TPSA) is 47.9 Å². The van der Waals surface area contributed by atoms with E-state index in [1.54, 1.807) is 0 Å². The Morgan fingerprint density at radius 3 is 1.94 bits per heavy atom. The van der Waals surface area contributed by atoms with Crippen molar-refractivity contribution in [2.24, 2.45) is 11.1 Å². The minimum atomic E-state index is -1.89. The number of hydrogen-bond acceptors (Lipinski definition) is 4. The number of hydrogen-bond donors (Lipinski definition) is 0. The predicted octanol–water partition coefficient (Wildman–Crippen LogP) is 3.62. The molecule has 0 aromatic rings. The van der Waals surface area contributed by atoms with Crippen molar-refractivity contribution >= 4 is 28.3 Å². The maximum Gasteiger partial charge on any atom is 0.343 e. The van der Waals surface area contributed by atoms with Crippen LogP contribution in [-0.4, -0.2) is 28.3 Å². The van der Waals surface area contributed by atoms with Crippen molar-refractivity contribution in [3.05, 3.63) is 0 Å².